The lowest BCUT2D eigenvalue weighted by Crippen LogP contribution is -2.15. The van der Waals surface area contributed by atoms with Gasteiger partial charge in [-0.3, -0.25) is 18.9 Å². The number of nitrogens with one attached hydrogen (secondary N) is 2. The highest BCUT2D eigenvalue weighted by Crippen LogP contribution is 2.35. The average molecular weight is 640 g/mol. The maximum absolute atomic E-state index is 15.0. The van der Waals surface area contributed by atoms with Crippen LogP contribution in [0.4, 0.5) is 34.6 Å². The number of alkyl halides is 3. The van der Waals surface area contributed by atoms with E-state index < -0.39 is 29.0 Å². The van der Waals surface area contributed by atoms with Crippen molar-refractivity contribution in [2.75, 3.05) is 10.6 Å². The van der Waals surface area contributed by atoms with Crippen LogP contribution in [0.3, 0.4) is 0 Å². The van der Waals surface area contributed by atoms with Crippen molar-refractivity contribution in [1.29, 1.82) is 0 Å². The van der Waals surface area contributed by atoms with Crippen molar-refractivity contribution in [3.63, 3.8) is 0 Å². The van der Waals surface area contributed by atoms with Crippen LogP contribution in [0, 0.1) is 24.6 Å². The summed E-state index contributed by atoms with van der Waals surface area (Å²) in [6.45, 7) is 1.61. The number of nitrogens with zero attached hydrogens (tertiary/aromatic N) is 5. The number of imidazole rings is 1. The first kappa shape index (κ1) is 30.8. The number of pyridine rings is 2. The van der Waals surface area contributed by atoms with E-state index in [1.165, 1.54) is 24.5 Å². The largest absolute Gasteiger partial charge is 0.489 e. The van der Waals surface area contributed by atoms with Gasteiger partial charge in [0.15, 0.2) is 5.65 Å². The highest BCUT2D eigenvalue weighted by atomic mass is 19.4. The number of benzene rings is 2. The fourth-order valence-electron chi connectivity index (χ4n) is 4.72. The summed E-state index contributed by atoms with van der Waals surface area (Å²) in [4.78, 5) is 21.6. The smallest absolute Gasteiger partial charge is 0.416 e. The van der Waals surface area contributed by atoms with Gasteiger partial charge in [-0.05, 0) is 72.5 Å². The number of aromatic nitrogens is 5. The van der Waals surface area contributed by atoms with Crippen molar-refractivity contribution in [3.8, 4) is 17.6 Å². The van der Waals surface area contributed by atoms with Gasteiger partial charge >= 0.3 is 6.18 Å². The lowest BCUT2D eigenvalue weighted by atomic mass is 10.0. The van der Waals surface area contributed by atoms with Crippen molar-refractivity contribution in [2.24, 2.45) is 7.05 Å². The van der Waals surface area contributed by atoms with Crippen molar-refractivity contribution < 1.29 is 27.1 Å². The number of fused-ring (bicyclic) bond motifs is 1. The third kappa shape index (κ3) is 7.07. The Labute approximate surface area is 265 Å². The van der Waals surface area contributed by atoms with Crippen LogP contribution in [0.5, 0.6) is 5.75 Å². The number of aryl methyl sites for hydroxylation is 2. The molecule has 2 N–H and O–H groups in total. The first-order valence-corrected chi connectivity index (χ1v) is 14.1. The second-order valence-corrected chi connectivity index (χ2v) is 10.5. The summed E-state index contributed by atoms with van der Waals surface area (Å²) < 4.78 is 65.1. The summed E-state index contributed by atoms with van der Waals surface area (Å²) in [6.07, 6.45) is 5.22. The molecule has 0 bridgehead atoms. The average Bonchev–Trinajstić information content (AvgIpc) is 3.65. The SMILES string of the molecule is Cc1cc(F)c(C(=O)Nc2cc(OCc3ccncc3)cc(C(F)(F)F)c2)cc1C#Cc1cnc2c(Nc3cnn(C)c3)cccn12. The minimum atomic E-state index is -4.72. The molecule has 0 atom stereocenters. The van der Waals surface area contributed by atoms with Gasteiger partial charge in [0, 0.05) is 49.2 Å². The zero-order chi connectivity index (χ0) is 33.1. The highest BCUT2D eigenvalue weighted by Gasteiger charge is 2.32. The third-order valence-corrected chi connectivity index (χ3v) is 7.05. The molecule has 47 heavy (non-hydrogen) atoms. The topological polar surface area (TPSA) is 98.4 Å². The number of anilines is 3. The Hall–Kier alpha value is -6.16. The van der Waals surface area contributed by atoms with Gasteiger partial charge < -0.3 is 15.4 Å². The van der Waals surface area contributed by atoms with Crippen LogP contribution in [0.1, 0.15) is 38.3 Å². The van der Waals surface area contributed by atoms with Crippen molar-refractivity contribution in [2.45, 2.75) is 19.7 Å². The van der Waals surface area contributed by atoms with E-state index >= 15 is 4.39 Å². The molecule has 0 fully saturated rings. The first-order valence-electron chi connectivity index (χ1n) is 14.1. The summed E-state index contributed by atoms with van der Waals surface area (Å²) >= 11 is 0. The van der Waals surface area contributed by atoms with Gasteiger partial charge in [-0.15, -0.1) is 0 Å². The number of hydrogen-bond acceptors (Lipinski definition) is 6. The van der Waals surface area contributed by atoms with E-state index in [1.54, 1.807) is 46.7 Å². The molecular formula is C34H25F4N7O2. The molecule has 6 rings (SSSR count). The molecule has 9 nitrogen and oxygen atoms in total. The Bertz CT molecular complexity index is 2160. The van der Waals surface area contributed by atoms with Crippen LogP contribution in [-0.2, 0) is 19.8 Å². The normalized spacial score (nSPS) is 11.2. The Balaban J connectivity index is 1.25. The number of halogens is 4. The molecule has 4 aromatic heterocycles. The molecule has 236 valence electrons. The van der Waals surface area contributed by atoms with Gasteiger partial charge in [-0.1, -0.05) is 5.92 Å². The van der Waals surface area contributed by atoms with E-state index in [4.69, 9.17) is 4.74 Å². The van der Waals surface area contributed by atoms with Gasteiger partial charge in [-0.25, -0.2) is 9.37 Å². The quantitative estimate of drug-likeness (QED) is 0.146. The standard InChI is InChI=1S/C34H25F4N7O2/c1-21-12-30(35)29(33(46)43-25-14-24(34(36,37)38)15-28(16-25)47-20-22-7-9-39-10-8-22)13-23(21)5-6-27-18-40-32-31(4-3-11-45(27)32)42-26-17-41-44(2)19-26/h3-4,7-19,42H,20H2,1-2H3,(H,43,46). The number of rotatable bonds is 7. The Morgan fingerprint density at radius 3 is 2.57 bits per heavy atom. The van der Waals surface area contributed by atoms with Gasteiger partial charge in [0.1, 0.15) is 23.9 Å². The van der Waals surface area contributed by atoms with E-state index in [0.717, 1.165) is 29.6 Å². The summed E-state index contributed by atoms with van der Waals surface area (Å²) in [5.74, 6) is 4.06. The van der Waals surface area contributed by atoms with Crippen molar-refractivity contribution >= 4 is 28.6 Å². The predicted octanol–water partition coefficient (Wildman–Crippen LogP) is 6.90. The molecule has 0 saturated carbocycles. The maximum Gasteiger partial charge on any atom is 0.416 e. The molecule has 0 spiro atoms. The predicted molar refractivity (Wildman–Crippen MR) is 167 cm³/mol. The molecule has 13 heteroatoms. The van der Waals surface area contributed by atoms with Gasteiger partial charge in [0.2, 0.25) is 0 Å². The van der Waals surface area contributed by atoms with Crippen LogP contribution in [0.2, 0.25) is 0 Å². The second kappa shape index (κ2) is 12.7. The van der Waals surface area contributed by atoms with E-state index in [2.05, 4.69) is 37.5 Å². The molecular weight excluding hydrogens is 614 g/mol. The Kier molecular flexibility index (Phi) is 8.32. The number of ether oxygens (including phenoxy) is 1. The first-order chi connectivity index (χ1) is 22.5. The molecule has 0 radical (unpaired) electrons. The lowest BCUT2D eigenvalue weighted by molar-refractivity contribution is -0.137. The summed E-state index contributed by atoms with van der Waals surface area (Å²) in [7, 11) is 1.81. The van der Waals surface area contributed by atoms with E-state index in [0.29, 0.717) is 28.0 Å². The second-order valence-electron chi connectivity index (χ2n) is 10.5. The molecule has 0 aliphatic heterocycles. The van der Waals surface area contributed by atoms with Gasteiger partial charge in [0.25, 0.3) is 5.91 Å². The summed E-state index contributed by atoms with van der Waals surface area (Å²) in [6, 6.07) is 12.2. The molecule has 0 aliphatic carbocycles. The molecule has 0 aliphatic rings. The third-order valence-electron chi connectivity index (χ3n) is 7.05. The monoisotopic (exact) mass is 639 g/mol. The Morgan fingerprint density at radius 1 is 1.02 bits per heavy atom. The van der Waals surface area contributed by atoms with Crippen molar-refractivity contribution in [1.82, 2.24) is 24.1 Å². The number of carbonyl (C=O) groups excluding carboxylic acids is 1. The zero-order valence-corrected chi connectivity index (χ0v) is 24.9. The zero-order valence-electron chi connectivity index (χ0n) is 24.9. The molecule has 2 aromatic carbocycles. The lowest BCUT2D eigenvalue weighted by Gasteiger charge is -2.14. The van der Waals surface area contributed by atoms with Crippen LogP contribution in [0.25, 0.3) is 5.65 Å². The molecule has 0 unspecified atom stereocenters. The van der Waals surface area contributed by atoms with E-state index in [1.807, 2.05) is 25.4 Å². The minimum absolute atomic E-state index is 0.0271. The molecule has 4 heterocycles. The van der Waals surface area contributed by atoms with Crippen molar-refractivity contribution in [3.05, 3.63) is 131 Å². The van der Waals surface area contributed by atoms with E-state index in [9.17, 15) is 18.0 Å². The number of carbonyl (C=O) groups is 1. The fraction of sp³-hybridized carbons (Fsp3) is 0.118. The molecule has 0 saturated heterocycles. The number of hydrogen-bond donors (Lipinski definition) is 2. The Morgan fingerprint density at radius 2 is 1.83 bits per heavy atom. The fourth-order valence-corrected chi connectivity index (χ4v) is 4.72. The van der Waals surface area contributed by atoms with E-state index in [-0.39, 0.29) is 18.0 Å². The van der Waals surface area contributed by atoms with Gasteiger partial charge in [-0.2, -0.15) is 18.3 Å². The summed E-state index contributed by atoms with van der Waals surface area (Å²) in [5, 5.41) is 9.79. The molecule has 6 aromatic rings. The van der Waals surface area contributed by atoms with Crippen LogP contribution in [-0.4, -0.2) is 30.1 Å². The molecule has 1 amide bonds. The maximum atomic E-state index is 15.0. The van der Waals surface area contributed by atoms with Crippen LogP contribution in [0.15, 0.2) is 91.8 Å². The summed E-state index contributed by atoms with van der Waals surface area (Å²) in [5.41, 5.74) is 2.50. The minimum Gasteiger partial charge on any atom is -0.489 e. The van der Waals surface area contributed by atoms with Gasteiger partial charge in [0.05, 0.1) is 34.9 Å². The van der Waals surface area contributed by atoms with Crippen LogP contribution < -0.4 is 15.4 Å². The van der Waals surface area contributed by atoms with Crippen LogP contribution >= 0.6 is 0 Å². The number of amides is 1. The highest BCUT2D eigenvalue weighted by molar-refractivity contribution is 6.05.